The number of likely N-dealkylation sites (tertiary alicyclic amines) is 1. The molecule has 1 unspecified atom stereocenters. The number of amides is 1. The van der Waals surface area contributed by atoms with Crippen LogP contribution in [0, 0.1) is 5.92 Å². The summed E-state index contributed by atoms with van der Waals surface area (Å²) < 4.78 is 5.69. The van der Waals surface area contributed by atoms with Gasteiger partial charge in [-0.3, -0.25) is 9.69 Å². The fourth-order valence-electron chi connectivity index (χ4n) is 3.79. The fraction of sp³-hybridized carbons (Fsp3) is 0.458. The molecule has 1 aliphatic rings. The van der Waals surface area contributed by atoms with Crippen LogP contribution in [0.4, 0.5) is 5.69 Å². The van der Waals surface area contributed by atoms with Gasteiger partial charge in [0.25, 0.3) is 0 Å². The largest absolute Gasteiger partial charge is 0.491 e. The van der Waals surface area contributed by atoms with E-state index in [1.165, 1.54) is 5.56 Å². The van der Waals surface area contributed by atoms with Crippen LogP contribution in [0.15, 0.2) is 54.6 Å². The molecule has 1 fully saturated rings. The molecule has 0 aromatic heterocycles. The predicted octanol–water partition coefficient (Wildman–Crippen LogP) is 4.08. The van der Waals surface area contributed by atoms with Crippen LogP contribution in [-0.4, -0.2) is 40.7 Å². The second-order valence-corrected chi connectivity index (χ2v) is 8.27. The second-order valence-electron chi connectivity index (χ2n) is 8.27. The topological polar surface area (TPSA) is 61.8 Å². The van der Waals surface area contributed by atoms with E-state index in [9.17, 15) is 9.90 Å². The molecule has 1 saturated heterocycles. The molecule has 2 aromatic rings. The minimum Gasteiger partial charge on any atom is -0.491 e. The highest BCUT2D eigenvalue weighted by molar-refractivity contribution is 5.93. The van der Waals surface area contributed by atoms with Gasteiger partial charge in [-0.25, -0.2) is 0 Å². The Labute approximate surface area is 173 Å². The van der Waals surface area contributed by atoms with Crippen LogP contribution < -0.4 is 10.1 Å². The molecule has 2 aromatic carbocycles. The lowest BCUT2D eigenvalue weighted by Gasteiger charge is -2.41. The average molecular weight is 397 g/mol. The Kier molecular flexibility index (Phi) is 6.93. The molecular formula is C24H32N2O3. The molecule has 29 heavy (non-hydrogen) atoms. The summed E-state index contributed by atoms with van der Waals surface area (Å²) in [7, 11) is 0. The van der Waals surface area contributed by atoms with E-state index in [0.717, 1.165) is 25.4 Å². The molecule has 0 aliphatic carbocycles. The number of anilines is 1. The van der Waals surface area contributed by atoms with E-state index in [1.807, 2.05) is 63.2 Å². The highest BCUT2D eigenvalue weighted by Crippen LogP contribution is 2.31. The Morgan fingerprint density at radius 1 is 1.10 bits per heavy atom. The number of carbonyl (C=O) groups is 1. The predicted molar refractivity (Wildman–Crippen MR) is 116 cm³/mol. The first kappa shape index (κ1) is 21.3. The van der Waals surface area contributed by atoms with Crippen LogP contribution in [0.25, 0.3) is 0 Å². The number of ether oxygens (including phenoxy) is 1. The highest BCUT2D eigenvalue weighted by Gasteiger charge is 2.40. The molecule has 1 amide bonds. The lowest BCUT2D eigenvalue weighted by Crippen LogP contribution is -2.51. The Bertz CT molecular complexity index is 799. The van der Waals surface area contributed by atoms with Crippen LogP contribution in [0.5, 0.6) is 5.75 Å². The number of nitrogens with zero attached hydrogens (tertiary/aromatic N) is 1. The van der Waals surface area contributed by atoms with Gasteiger partial charge < -0.3 is 15.2 Å². The van der Waals surface area contributed by atoms with Crippen LogP contribution in [0.3, 0.4) is 0 Å². The van der Waals surface area contributed by atoms with Crippen LogP contribution in [0.2, 0.25) is 0 Å². The molecule has 156 valence electrons. The third-order valence-corrected chi connectivity index (χ3v) is 5.64. The number of benzene rings is 2. The summed E-state index contributed by atoms with van der Waals surface area (Å²) >= 11 is 0. The monoisotopic (exact) mass is 396 g/mol. The summed E-state index contributed by atoms with van der Waals surface area (Å²) in [5, 5.41) is 14.1. The Morgan fingerprint density at radius 2 is 1.79 bits per heavy atom. The number of piperidine rings is 1. The fourth-order valence-corrected chi connectivity index (χ4v) is 3.79. The molecule has 1 atom stereocenters. The first-order valence-electron chi connectivity index (χ1n) is 10.4. The van der Waals surface area contributed by atoms with Crippen molar-refractivity contribution < 1.29 is 14.6 Å². The van der Waals surface area contributed by atoms with Crippen LogP contribution in [0.1, 0.15) is 39.2 Å². The van der Waals surface area contributed by atoms with Gasteiger partial charge in [0.1, 0.15) is 5.75 Å². The van der Waals surface area contributed by atoms with Gasteiger partial charge in [-0.2, -0.15) is 0 Å². The van der Waals surface area contributed by atoms with Crippen LogP contribution >= 0.6 is 0 Å². The summed E-state index contributed by atoms with van der Waals surface area (Å²) in [6, 6.07) is 17.7. The number of nitrogens with one attached hydrogen (secondary N) is 1. The summed E-state index contributed by atoms with van der Waals surface area (Å²) in [6.45, 7) is 8.18. The van der Waals surface area contributed by atoms with Gasteiger partial charge in [-0.1, -0.05) is 43.3 Å². The first-order valence-corrected chi connectivity index (χ1v) is 10.4. The van der Waals surface area contributed by atoms with Crippen molar-refractivity contribution in [2.45, 2.75) is 51.9 Å². The van der Waals surface area contributed by atoms with Crippen molar-refractivity contribution in [1.82, 2.24) is 4.90 Å². The van der Waals surface area contributed by atoms with E-state index in [4.69, 9.17) is 4.74 Å². The molecule has 1 aliphatic heterocycles. The molecule has 0 radical (unpaired) electrons. The van der Waals surface area contributed by atoms with Crippen molar-refractivity contribution in [3.05, 3.63) is 60.2 Å². The lowest BCUT2D eigenvalue weighted by molar-refractivity contribution is -0.132. The van der Waals surface area contributed by atoms with E-state index in [-0.39, 0.29) is 12.0 Å². The minimum absolute atomic E-state index is 0.0710. The standard InChI is InChI=1S/C24H32N2O3/c1-18(2)29-22-11-7-10-21(16-22)25-23(27)19(3)24(28)12-14-26(15-13-24)17-20-8-5-4-6-9-20/h4-11,16,18-19,28H,12-15,17H2,1-3H3,(H,25,27). The number of carbonyl (C=O) groups excluding carboxylic acids is 1. The van der Waals surface area contributed by atoms with Gasteiger partial charge in [0.15, 0.2) is 0 Å². The molecule has 3 rings (SSSR count). The van der Waals surface area contributed by atoms with Crippen LogP contribution in [-0.2, 0) is 11.3 Å². The van der Waals surface area contributed by atoms with Gasteiger partial charge in [-0.05, 0) is 44.4 Å². The Balaban J connectivity index is 1.55. The smallest absolute Gasteiger partial charge is 0.230 e. The van der Waals surface area contributed by atoms with Crippen molar-refractivity contribution in [1.29, 1.82) is 0 Å². The number of hydrogen-bond acceptors (Lipinski definition) is 4. The zero-order valence-corrected chi connectivity index (χ0v) is 17.6. The maximum absolute atomic E-state index is 12.8. The van der Waals surface area contributed by atoms with Gasteiger partial charge in [0.2, 0.25) is 5.91 Å². The molecule has 0 bridgehead atoms. The zero-order valence-electron chi connectivity index (χ0n) is 17.6. The van der Waals surface area contributed by atoms with E-state index in [1.54, 1.807) is 0 Å². The third-order valence-electron chi connectivity index (χ3n) is 5.64. The minimum atomic E-state index is -0.983. The van der Waals surface area contributed by atoms with Crippen molar-refractivity contribution in [3.8, 4) is 5.75 Å². The normalized spacial score (nSPS) is 17.7. The molecule has 0 spiro atoms. The molecule has 5 heteroatoms. The van der Waals surface area contributed by atoms with E-state index >= 15 is 0 Å². The molecule has 5 nitrogen and oxygen atoms in total. The Morgan fingerprint density at radius 3 is 2.45 bits per heavy atom. The number of rotatable bonds is 7. The summed E-state index contributed by atoms with van der Waals surface area (Å²) in [5.41, 5.74) is 0.973. The molecule has 1 heterocycles. The number of aliphatic hydroxyl groups is 1. The maximum Gasteiger partial charge on any atom is 0.230 e. The average Bonchev–Trinajstić information content (AvgIpc) is 2.70. The van der Waals surface area contributed by atoms with Gasteiger partial charge >= 0.3 is 0 Å². The lowest BCUT2D eigenvalue weighted by atomic mass is 9.80. The van der Waals surface area contributed by atoms with Gasteiger partial charge in [0, 0.05) is 31.4 Å². The molecule has 2 N–H and O–H groups in total. The van der Waals surface area contributed by atoms with Crippen molar-refractivity contribution >= 4 is 11.6 Å². The summed E-state index contributed by atoms with van der Waals surface area (Å²) in [5.74, 6) is 0.0696. The zero-order chi connectivity index (χ0) is 20.9. The molecular weight excluding hydrogens is 364 g/mol. The van der Waals surface area contributed by atoms with Gasteiger partial charge in [0.05, 0.1) is 17.6 Å². The summed E-state index contributed by atoms with van der Waals surface area (Å²) in [4.78, 5) is 15.1. The highest BCUT2D eigenvalue weighted by atomic mass is 16.5. The first-order chi connectivity index (χ1) is 13.9. The Hall–Kier alpha value is -2.37. The van der Waals surface area contributed by atoms with E-state index in [0.29, 0.717) is 18.5 Å². The third kappa shape index (κ3) is 5.81. The van der Waals surface area contributed by atoms with Crippen molar-refractivity contribution in [2.24, 2.45) is 5.92 Å². The van der Waals surface area contributed by atoms with E-state index < -0.39 is 11.5 Å². The SMILES string of the molecule is CC(C)Oc1cccc(NC(=O)C(C)C2(O)CCN(Cc3ccccc3)CC2)c1. The van der Waals surface area contributed by atoms with Crippen molar-refractivity contribution in [2.75, 3.05) is 18.4 Å². The maximum atomic E-state index is 12.8. The van der Waals surface area contributed by atoms with E-state index in [2.05, 4.69) is 22.3 Å². The number of hydrogen-bond donors (Lipinski definition) is 2. The van der Waals surface area contributed by atoms with Gasteiger partial charge in [-0.15, -0.1) is 0 Å². The second kappa shape index (κ2) is 9.42. The molecule has 0 saturated carbocycles. The summed E-state index contributed by atoms with van der Waals surface area (Å²) in [6.07, 6.45) is 1.25. The quantitative estimate of drug-likeness (QED) is 0.740. The van der Waals surface area contributed by atoms with Crippen molar-refractivity contribution in [3.63, 3.8) is 0 Å².